The molecular weight excluding hydrogens is 355 g/mol. The molecular formula is C20H24ClFN2S. The zero-order valence-electron chi connectivity index (χ0n) is 14.8. The molecule has 0 amide bonds. The molecule has 25 heavy (non-hydrogen) atoms. The number of allylic oxidation sites excluding steroid dienone is 2. The quantitative estimate of drug-likeness (QED) is 0.656. The van der Waals surface area contributed by atoms with Crippen molar-refractivity contribution in [3.8, 4) is 6.07 Å². The highest BCUT2D eigenvalue weighted by Gasteiger charge is 2.35. The second kappa shape index (κ2) is 7.23. The predicted molar refractivity (Wildman–Crippen MR) is 103 cm³/mol. The van der Waals surface area contributed by atoms with Crippen LogP contribution in [-0.4, -0.2) is 24.5 Å². The molecule has 134 valence electrons. The van der Waals surface area contributed by atoms with Gasteiger partial charge in [-0.1, -0.05) is 24.6 Å². The summed E-state index contributed by atoms with van der Waals surface area (Å²) in [6.45, 7) is 6.88. The van der Waals surface area contributed by atoms with E-state index in [4.69, 9.17) is 16.9 Å². The molecule has 1 unspecified atom stereocenters. The maximum absolute atomic E-state index is 14.9. The Kier molecular flexibility index (Phi) is 5.39. The Balaban J connectivity index is 1.62. The molecule has 3 rings (SSSR count). The number of rotatable bonds is 4. The summed E-state index contributed by atoms with van der Waals surface area (Å²) in [6, 6.07) is 4.18. The molecule has 2 aliphatic rings. The van der Waals surface area contributed by atoms with Crippen molar-refractivity contribution in [3.05, 3.63) is 44.9 Å². The van der Waals surface area contributed by atoms with E-state index in [9.17, 15) is 4.39 Å². The van der Waals surface area contributed by atoms with E-state index in [0.29, 0.717) is 17.2 Å². The Bertz CT molecular complexity index is 737. The van der Waals surface area contributed by atoms with E-state index in [2.05, 4.69) is 24.0 Å². The first-order valence-electron chi connectivity index (χ1n) is 8.75. The van der Waals surface area contributed by atoms with Crippen LogP contribution in [0.25, 0.3) is 0 Å². The molecule has 1 aliphatic heterocycles. The van der Waals surface area contributed by atoms with Gasteiger partial charge in [-0.05, 0) is 73.3 Å². The van der Waals surface area contributed by atoms with E-state index in [1.165, 1.54) is 11.3 Å². The number of nitrogens with zero attached hydrogens (tertiary/aromatic N) is 2. The molecule has 2 heterocycles. The molecule has 1 aliphatic carbocycles. The van der Waals surface area contributed by atoms with Crippen molar-refractivity contribution >= 4 is 22.9 Å². The summed E-state index contributed by atoms with van der Waals surface area (Å²) in [5, 5.41) is 10.9. The Morgan fingerprint density at radius 1 is 1.36 bits per heavy atom. The first-order valence-corrected chi connectivity index (χ1v) is 10.0. The van der Waals surface area contributed by atoms with Gasteiger partial charge in [0.05, 0.1) is 10.4 Å². The zero-order valence-corrected chi connectivity index (χ0v) is 16.4. The second-order valence-corrected chi connectivity index (χ2v) is 9.41. The van der Waals surface area contributed by atoms with Crippen LogP contribution < -0.4 is 0 Å². The fraction of sp³-hybridized carbons (Fsp3) is 0.550. The first kappa shape index (κ1) is 18.6. The average molecular weight is 379 g/mol. The van der Waals surface area contributed by atoms with Crippen LogP contribution in [0.15, 0.2) is 35.0 Å². The summed E-state index contributed by atoms with van der Waals surface area (Å²) >= 11 is 7.48. The van der Waals surface area contributed by atoms with E-state index in [1.807, 2.05) is 18.4 Å². The Morgan fingerprint density at radius 2 is 2.08 bits per heavy atom. The highest BCUT2D eigenvalue weighted by Crippen LogP contribution is 2.43. The summed E-state index contributed by atoms with van der Waals surface area (Å²) in [5.41, 5.74) is 1.56. The molecule has 0 saturated carbocycles. The predicted octanol–water partition coefficient (Wildman–Crippen LogP) is 5.86. The molecule has 1 fully saturated rings. The molecule has 1 atom stereocenters. The lowest BCUT2D eigenvalue weighted by Gasteiger charge is -2.39. The summed E-state index contributed by atoms with van der Waals surface area (Å²) < 4.78 is 15.6. The fourth-order valence-electron chi connectivity index (χ4n) is 3.66. The molecule has 0 radical (unpaired) electrons. The van der Waals surface area contributed by atoms with Crippen LogP contribution in [0.4, 0.5) is 4.39 Å². The Hall–Kier alpha value is -1.15. The minimum absolute atomic E-state index is 0.0780. The van der Waals surface area contributed by atoms with E-state index >= 15 is 0 Å². The number of hydrogen-bond donors (Lipinski definition) is 0. The normalized spacial score (nSPS) is 26.7. The summed E-state index contributed by atoms with van der Waals surface area (Å²) in [5.74, 6) is -0.0780. The van der Waals surface area contributed by atoms with Gasteiger partial charge in [-0.15, -0.1) is 11.3 Å². The van der Waals surface area contributed by atoms with Crippen LogP contribution in [0, 0.1) is 16.7 Å². The third kappa shape index (κ3) is 4.00. The topological polar surface area (TPSA) is 27.0 Å². The average Bonchev–Trinajstić information content (AvgIpc) is 3.01. The molecule has 1 saturated heterocycles. The highest BCUT2D eigenvalue weighted by atomic mass is 35.5. The van der Waals surface area contributed by atoms with Gasteiger partial charge in [0.15, 0.2) is 0 Å². The summed E-state index contributed by atoms with van der Waals surface area (Å²) in [6.07, 6.45) is 7.23. The molecule has 0 N–H and O–H groups in total. The highest BCUT2D eigenvalue weighted by molar-refractivity contribution is 7.14. The maximum atomic E-state index is 14.9. The summed E-state index contributed by atoms with van der Waals surface area (Å²) in [4.78, 5) is 2.37. The number of piperidine rings is 1. The standard InChI is InChI=1S/C20H24ClFN2S/c1-19(5-8-23)6-9-24(10-7-19)13-15-3-4-20(2,17(22)11-15)16-12-18(21)25-14-16/h3,11-12,14H,4-7,9-10,13H2,1-2H3. The molecule has 2 nitrogen and oxygen atoms in total. The molecule has 0 bridgehead atoms. The van der Waals surface area contributed by atoms with Crippen molar-refractivity contribution in [2.24, 2.45) is 5.41 Å². The maximum Gasteiger partial charge on any atom is 0.111 e. The monoisotopic (exact) mass is 378 g/mol. The second-order valence-electron chi connectivity index (χ2n) is 7.87. The Morgan fingerprint density at radius 3 is 2.64 bits per heavy atom. The minimum atomic E-state index is -0.597. The van der Waals surface area contributed by atoms with E-state index in [-0.39, 0.29) is 11.2 Å². The molecule has 0 aromatic carbocycles. The van der Waals surface area contributed by atoms with Gasteiger partial charge in [-0.2, -0.15) is 5.26 Å². The van der Waals surface area contributed by atoms with E-state index in [0.717, 1.165) is 43.6 Å². The van der Waals surface area contributed by atoms with Gasteiger partial charge < -0.3 is 0 Å². The lowest BCUT2D eigenvalue weighted by atomic mass is 9.75. The zero-order chi connectivity index (χ0) is 18.1. The van der Waals surface area contributed by atoms with Crippen LogP contribution in [0.3, 0.4) is 0 Å². The Labute approximate surface area is 158 Å². The van der Waals surface area contributed by atoms with Crippen molar-refractivity contribution in [3.63, 3.8) is 0 Å². The number of likely N-dealkylation sites (tertiary alicyclic amines) is 1. The molecule has 1 aromatic heterocycles. The van der Waals surface area contributed by atoms with Crippen molar-refractivity contribution in [1.82, 2.24) is 4.90 Å². The lowest BCUT2D eigenvalue weighted by Crippen LogP contribution is -2.39. The minimum Gasteiger partial charge on any atom is -0.299 e. The van der Waals surface area contributed by atoms with Crippen LogP contribution in [0.2, 0.25) is 4.34 Å². The van der Waals surface area contributed by atoms with Crippen molar-refractivity contribution < 1.29 is 4.39 Å². The van der Waals surface area contributed by atoms with Crippen LogP contribution in [0.1, 0.15) is 45.1 Å². The summed E-state index contributed by atoms with van der Waals surface area (Å²) in [7, 11) is 0. The van der Waals surface area contributed by atoms with Gasteiger partial charge in [-0.3, -0.25) is 4.90 Å². The van der Waals surface area contributed by atoms with Gasteiger partial charge in [-0.25, -0.2) is 4.39 Å². The van der Waals surface area contributed by atoms with Gasteiger partial charge in [0.25, 0.3) is 0 Å². The van der Waals surface area contributed by atoms with Crippen LogP contribution in [-0.2, 0) is 5.41 Å². The van der Waals surface area contributed by atoms with Gasteiger partial charge in [0.1, 0.15) is 5.83 Å². The van der Waals surface area contributed by atoms with Crippen molar-refractivity contribution in [2.75, 3.05) is 19.6 Å². The number of hydrogen-bond acceptors (Lipinski definition) is 3. The van der Waals surface area contributed by atoms with Gasteiger partial charge in [0.2, 0.25) is 0 Å². The van der Waals surface area contributed by atoms with E-state index < -0.39 is 5.41 Å². The fourth-order valence-corrected chi connectivity index (χ4v) is 4.67. The number of nitriles is 1. The molecule has 5 heteroatoms. The molecule has 0 spiro atoms. The number of thiophene rings is 1. The SMILES string of the molecule is CC1(CC#N)CCN(CC2=CCC(C)(c3csc(Cl)c3)C(F)=C2)CC1. The lowest BCUT2D eigenvalue weighted by molar-refractivity contribution is 0.130. The first-order chi connectivity index (χ1) is 11.8. The third-order valence-corrected chi connectivity index (χ3v) is 6.88. The van der Waals surface area contributed by atoms with Gasteiger partial charge in [0, 0.05) is 18.4 Å². The largest absolute Gasteiger partial charge is 0.299 e. The van der Waals surface area contributed by atoms with Crippen LogP contribution in [0.5, 0.6) is 0 Å². The third-order valence-electron chi connectivity index (χ3n) is 5.79. The number of halogens is 2. The van der Waals surface area contributed by atoms with E-state index in [1.54, 1.807) is 6.08 Å². The van der Waals surface area contributed by atoms with Crippen LogP contribution >= 0.6 is 22.9 Å². The van der Waals surface area contributed by atoms with Crippen molar-refractivity contribution in [2.45, 2.75) is 44.9 Å². The smallest absolute Gasteiger partial charge is 0.111 e. The van der Waals surface area contributed by atoms with Crippen molar-refractivity contribution in [1.29, 1.82) is 5.26 Å². The molecule has 1 aromatic rings. The van der Waals surface area contributed by atoms with Gasteiger partial charge >= 0.3 is 0 Å².